The number of anilines is 1. The molecule has 2 atom stereocenters. The lowest BCUT2D eigenvalue weighted by atomic mass is 9.81. The number of carbonyl (C=O) groups excluding carboxylic acids is 1. The van der Waals surface area contributed by atoms with Gasteiger partial charge in [-0.15, -0.1) is 0 Å². The van der Waals surface area contributed by atoms with Gasteiger partial charge >= 0.3 is 0 Å². The molecule has 118 valence electrons. The van der Waals surface area contributed by atoms with Crippen LogP contribution in [0.15, 0.2) is 35.8 Å². The lowest BCUT2D eigenvalue weighted by molar-refractivity contribution is -0.117. The van der Waals surface area contributed by atoms with Crippen molar-refractivity contribution in [2.24, 2.45) is 5.92 Å². The quantitative estimate of drug-likeness (QED) is 0.850. The van der Waals surface area contributed by atoms with Gasteiger partial charge in [0, 0.05) is 33.3 Å². The summed E-state index contributed by atoms with van der Waals surface area (Å²) in [7, 11) is 0. The molecule has 2 aliphatic rings. The SMILES string of the molecule is C[C@@H]1CC(=O)C2=C(C1)Nc1ncnn1[C@@H]2c1ccc(Cl)cc1Cl. The van der Waals surface area contributed by atoms with Crippen LogP contribution in [-0.4, -0.2) is 20.5 Å². The molecule has 0 saturated heterocycles. The normalized spacial score (nSPS) is 23.3. The highest BCUT2D eigenvalue weighted by molar-refractivity contribution is 6.35. The van der Waals surface area contributed by atoms with Crippen molar-refractivity contribution >= 4 is 34.9 Å². The van der Waals surface area contributed by atoms with Gasteiger partial charge in [-0.05, 0) is 24.5 Å². The van der Waals surface area contributed by atoms with E-state index in [0.717, 1.165) is 23.3 Å². The van der Waals surface area contributed by atoms with Gasteiger partial charge in [0.2, 0.25) is 5.95 Å². The van der Waals surface area contributed by atoms with Gasteiger partial charge in [0.25, 0.3) is 0 Å². The lowest BCUT2D eigenvalue weighted by Gasteiger charge is -2.34. The van der Waals surface area contributed by atoms with Gasteiger partial charge in [-0.2, -0.15) is 10.1 Å². The maximum atomic E-state index is 12.7. The van der Waals surface area contributed by atoms with Crippen molar-refractivity contribution in [3.8, 4) is 0 Å². The molecule has 23 heavy (non-hydrogen) atoms. The van der Waals surface area contributed by atoms with E-state index < -0.39 is 0 Å². The summed E-state index contributed by atoms with van der Waals surface area (Å²) in [6, 6.07) is 4.95. The van der Waals surface area contributed by atoms with Gasteiger partial charge in [-0.1, -0.05) is 36.2 Å². The van der Waals surface area contributed by atoms with Crippen LogP contribution < -0.4 is 5.32 Å². The van der Waals surface area contributed by atoms with Crippen molar-refractivity contribution in [2.75, 3.05) is 5.32 Å². The summed E-state index contributed by atoms with van der Waals surface area (Å²) < 4.78 is 1.71. The van der Waals surface area contributed by atoms with Crippen LogP contribution in [0, 0.1) is 5.92 Å². The van der Waals surface area contributed by atoms with Gasteiger partial charge in [-0.25, -0.2) is 4.68 Å². The number of carbonyl (C=O) groups is 1. The van der Waals surface area contributed by atoms with Crippen molar-refractivity contribution < 1.29 is 4.79 Å². The first-order chi connectivity index (χ1) is 11.0. The molecule has 0 bridgehead atoms. The third kappa shape index (κ3) is 2.35. The molecule has 1 aliphatic heterocycles. The fourth-order valence-corrected chi connectivity index (χ4v) is 3.87. The monoisotopic (exact) mass is 348 g/mol. The second-order valence-electron chi connectivity index (χ2n) is 6.05. The minimum Gasteiger partial charge on any atom is -0.328 e. The molecule has 0 amide bonds. The van der Waals surface area contributed by atoms with E-state index in [0.29, 0.717) is 28.3 Å². The van der Waals surface area contributed by atoms with Gasteiger partial charge in [0.05, 0.1) is 0 Å². The van der Waals surface area contributed by atoms with Crippen molar-refractivity contribution in [3.05, 3.63) is 51.4 Å². The summed E-state index contributed by atoms with van der Waals surface area (Å²) >= 11 is 12.4. The Hall–Kier alpha value is -1.85. The van der Waals surface area contributed by atoms with E-state index in [1.54, 1.807) is 16.8 Å². The molecule has 1 N–H and O–H groups in total. The molecule has 0 spiro atoms. The number of hydrogen-bond acceptors (Lipinski definition) is 4. The summed E-state index contributed by atoms with van der Waals surface area (Å²) in [5.41, 5.74) is 2.45. The molecular formula is C16H14Cl2N4O. The molecule has 0 unspecified atom stereocenters. The number of fused-ring (bicyclic) bond motifs is 1. The number of rotatable bonds is 1. The smallest absolute Gasteiger partial charge is 0.226 e. The molecule has 4 rings (SSSR count). The van der Waals surface area contributed by atoms with Crippen molar-refractivity contribution in [1.82, 2.24) is 14.8 Å². The molecule has 1 aromatic carbocycles. The largest absolute Gasteiger partial charge is 0.328 e. The van der Waals surface area contributed by atoms with Gasteiger partial charge in [0.1, 0.15) is 12.4 Å². The van der Waals surface area contributed by atoms with Gasteiger partial charge in [-0.3, -0.25) is 4.79 Å². The molecular weight excluding hydrogens is 335 g/mol. The van der Waals surface area contributed by atoms with E-state index in [9.17, 15) is 4.79 Å². The van der Waals surface area contributed by atoms with Crippen LogP contribution in [0.25, 0.3) is 0 Å². The minimum absolute atomic E-state index is 0.128. The first kappa shape index (κ1) is 14.7. The predicted molar refractivity (Wildman–Crippen MR) is 88.7 cm³/mol. The number of aromatic nitrogens is 3. The fraction of sp³-hybridized carbons (Fsp3) is 0.312. The highest BCUT2D eigenvalue weighted by Gasteiger charge is 2.38. The Balaban J connectivity index is 1.93. The summed E-state index contributed by atoms with van der Waals surface area (Å²) in [5.74, 6) is 1.06. The van der Waals surface area contributed by atoms with Crippen LogP contribution in [0.4, 0.5) is 5.95 Å². The average molecular weight is 349 g/mol. The summed E-state index contributed by atoms with van der Waals surface area (Å²) in [6.45, 7) is 2.08. The van der Waals surface area contributed by atoms with E-state index in [2.05, 4.69) is 22.3 Å². The second-order valence-corrected chi connectivity index (χ2v) is 6.89. The Kier molecular flexibility index (Phi) is 3.43. The first-order valence-corrected chi connectivity index (χ1v) is 8.18. The number of nitrogens with one attached hydrogen (secondary N) is 1. The van der Waals surface area contributed by atoms with Crippen LogP contribution in [0.5, 0.6) is 0 Å². The van der Waals surface area contributed by atoms with E-state index in [-0.39, 0.29) is 11.8 Å². The molecule has 1 aliphatic carbocycles. The number of hydrogen-bond donors (Lipinski definition) is 1. The van der Waals surface area contributed by atoms with E-state index in [4.69, 9.17) is 23.2 Å². The Labute approximate surface area is 143 Å². The number of allylic oxidation sites excluding steroid dienone is 2. The number of Topliss-reactive ketones (excluding diaryl/α,β-unsaturated/α-hetero) is 1. The maximum Gasteiger partial charge on any atom is 0.226 e. The zero-order chi connectivity index (χ0) is 16.1. The zero-order valence-corrected chi connectivity index (χ0v) is 13.9. The van der Waals surface area contributed by atoms with Crippen LogP contribution in [0.2, 0.25) is 10.0 Å². The number of nitrogens with zero attached hydrogens (tertiary/aromatic N) is 3. The third-order valence-electron chi connectivity index (χ3n) is 4.32. The second kappa shape index (κ2) is 5.35. The third-order valence-corrected chi connectivity index (χ3v) is 4.89. The Morgan fingerprint density at radius 2 is 2.13 bits per heavy atom. The fourth-order valence-electron chi connectivity index (χ4n) is 3.36. The summed E-state index contributed by atoms with van der Waals surface area (Å²) in [6.07, 6.45) is 2.83. The van der Waals surface area contributed by atoms with Gasteiger partial charge < -0.3 is 5.32 Å². The number of ketones is 1. The van der Waals surface area contributed by atoms with Gasteiger partial charge in [0.15, 0.2) is 5.78 Å². The van der Waals surface area contributed by atoms with E-state index >= 15 is 0 Å². The summed E-state index contributed by atoms with van der Waals surface area (Å²) in [5, 5.41) is 8.61. The maximum absolute atomic E-state index is 12.7. The summed E-state index contributed by atoms with van der Waals surface area (Å²) in [4.78, 5) is 17.0. The zero-order valence-electron chi connectivity index (χ0n) is 12.4. The minimum atomic E-state index is -0.367. The highest BCUT2D eigenvalue weighted by Crippen LogP contribution is 2.43. The van der Waals surface area contributed by atoms with Crippen molar-refractivity contribution in [2.45, 2.75) is 25.8 Å². The van der Waals surface area contributed by atoms with Crippen molar-refractivity contribution in [1.29, 1.82) is 0 Å². The van der Waals surface area contributed by atoms with Crippen LogP contribution in [0.3, 0.4) is 0 Å². The van der Waals surface area contributed by atoms with E-state index in [1.807, 2.05) is 6.07 Å². The van der Waals surface area contributed by atoms with Crippen LogP contribution in [0.1, 0.15) is 31.4 Å². The van der Waals surface area contributed by atoms with Crippen LogP contribution >= 0.6 is 23.2 Å². The van der Waals surface area contributed by atoms with Crippen molar-refractivity contribution in [3.63, 3.8) is 0 Å². The topological polar surface area (TPSA) is 59.8 Å². The Morgan fingerprint density at radius 3 is 2.91 bits per heavy atom. The Morgan fingerprint density at radius 1 is 1.30 bits per heavy atom. The molecule has 5 nitrogen and oxygen atoms in total. The number of benzene rings is 1. The molecule has 2 heterocycles. The first-order valence-electron chi connectivity index (χ1n) is 7.42. The highest BCUT2D eigenvalue weighted by atomic mass is 35.5. The number of halogens is 2. The van der Waals surface area contributed by atoms with Crippen LogP contribution in [-0.2, 0) is 4.79 Å². The molecule has 0 radical (unpaired) electrons. The molecule has 1 aromatic heterocycles. The standard InChI is InChI=1S/C16H14Cl2N4O/c1-8-4-12-14(13(23)5-8)15(22-16(21-12)19-7-20-22)10-3-2-9(17)6-11(10)18/h2-3,6-8,15H,4-5H2,1H3,(H,19,20,21)/t8-,15+/m0/s1. The molecule has 2 aromatic rings. The average Bonchev–Trinajstić information content (AvgIpc) is 2.93. The molecule has 7 heteroatoms. The molecule has 0 saturated carbocycles. The van der Waals surface area contributed by atoms with E-state index in [1.165, 1.54) is 6.33 Å². The predicted octanol–water partition coefficient (Wildman–Crippen LogP) is 3.85. The lowest BCUT2D eigenvalue weighted by Crippen LogP contribution is -2.33. The Bertz CT molecular complexity index is 842. The molecule has 0 fully saturated rings.